The van der Waals surface area contributed by atoms with Gasteiger partial charge in [-0.25, -0.2) is 8.42 Å². The standard InChI is InChI=1S/C21H26Cl2O4S/c1-4-15(2)13-26-17-5-7-18(8-6-17)28(24,25)19-9-10-21(20(23)11-19)27-14-16(3)12-22/h5-11,15-16H,4,12-14H2,1-3H3/t15-,16+/m1/s1. The van der Waals surface area contributed by atoms with Crippen LogP contribution in [0.2, 0.25) is 5.02 Å². The molecule has 0 bridgehead atoms. The number of rotatable bonds is 10. The molecule has 2 aromatic carbocycles. The molecule has 28 heavy (non-hydrogen) atoms. The van der Waals surface area contributed by atoms with Crippen molar-refractivity contribution >= 4 is 33.0 Å². The van der Waals surface area contributed by atoms with Crippen LogP contribution in [0, 0.1) is 11.8 Å². The van der Waals surface area contributed by atoms with E-state index in [-0.39, 0.29) is 20.7 Å². The zero-order chi connectivity index (χ0) is 20.7. The van der Waals surface area contributed by atoms with E-state index < -0.39 is 9.84 Å². The summed E-state index contributed by atoms with van der Waals surface area (Å²) in [6.07, 6.45) is 1.03. The molecule has 2 aromatic rings. The summed E-state index contributed by atoms with van der Waals surface area (Å²) in [6, 6.07) is 10.9. The van der Waals surface area contributed by atoms with Crippen LogP contribution in [0.15, 0.2) is 52.3 Å². The van der Waals surface area contributed by atoms with Gasteiger partial charge in [0.1, 0.15) is 11.5 Å². The molecule has 0 fully saturated rings. The third-order valence-electron chi connectivity index (χ3n) is 4.37. The summed E-state index contributed by atoms with van der Waals surface area (Å²) in [5.74, 6) is 2.17. The van der Waals surface area contributed by atoms with E-state index >= 15 is 0 Å². The Morgan fingerprint density at radius 3 is 2.11 bits per heavy atom. The molecule has 0 aromatic heterocycles. The van der Waals surface area contributed by atoms with E-state index in [1.807, 2.05) is 6.92 Å². The largest absolute Gasteiger partial charge is 0.493 e. The molecule has 0 saturated carbocycles. The summed E-state index contributed by atoms with van der Waals surface area (Å²) in [6.45, 7) is 7.17. The van der Waals surface area contributed by atoms with Crippen LogP contribution in [-0.2, 0) is 9.84 Å². The van der Waals surface area contributed by atoms with Gasteiger partial charge in [0.2, 0.25) is 9.84 Å². The van der Waals surface area contributed by atoms with Gasteiger partial charge in [0.25, 0.3) is 0 Å². The highest BCUT2D eigenvalue weighted by atomic mass is 35.5. The average molecular weight is 445 g/mol. The summed E-state index contributed by atoms with van der Waals surface area (Å²) < 4.78 is 37.0. The molecule has 0 N–H and O–H groups in total. The van der Waals surface area contributed by atoms with Crippen molar-refractivity contribution in [3.05, 3.63) is 47.5 Å². The Kier molecular flexibility index (Phi) is 8.47. The predicted octanol–water partition coefficient (Wildman–Crippen LogP) is 5.85. The Morgan fingerprint density at radius 2 is 1.54 bits per heavy atom. The molecule has 0 amide bonds. The number of hydrogen-bond donors (Lipinski definition) is 0. The average Bonchev–Trinajstić information content (AvgIpc) is 2.70. The molecule has 0 unspecified atom stereocenters. The fourth-order valence-corrected chi connectivity index (χ4v) is 3.93. The minimum absolute atomic E-state index is 0.114. The Bertz CT molecular complexity index is 866. The first-order chi connectivity index (χ1) is 13.3. The molecular formula is C21H26Cl2O4S. The topological polar surface area (TPSA) is 52.6 Å². The van der Waals surface area contributed by atoms with E-state index in [1.54, 1.807) is 30.3 Å². The second-order valence-corrected chi connectivity index (χ2v) is 9.63. The molecule has 0 heterocycles. The number of ether oxygens (including phenoxy) is 2. The molecule has 0 radical (unpaired) electrons. The third-order valence-corrected chi connectivity index (χ3v) is 6.96. The van der Waals surface area contributed by atoms with Gasteiger partial charge in [-0.2, -0.15) is 0 Å². The monoisotopic (exact) mass is 444 g/mol. The lowest BCUT2D eigenvalue weighted by molar-refractivity contribution is 0.256. The van der Waals surface area contributed by atoms with Crippen molar-refractivity contribution in [3.63, 3.8) is 0 Å². The molecule has 0 spiro atoms. The van der Waals surface area contributed by atoms with E-state index in [4.69, 9.17) is 32.7 Å². The van der Waals surface area contributed by atoms with Gasteiger partial charge in [-0.15, -0.1) is 11.6 Å². The lowest BCUT2D eigenvalue weighted by Crippen LogP contribution is -2.10. The van der Waals surface area contributed by atoms with Crippen molar-refractivity contribution in [1.82, 2.24) is 0 Å². The zero-order valence-corrected chi connectivity index (χ0v) is 18.7. The van der Waals surface area contributed by atoms with E-state index in [0.29, 0.717) is 36.5 Å². The van der Waals surface area contributed by atoms with Gasteiger partial charge in [0.05, 0.1) is 28.0 Å². The lowest BCUT2D eigenvalue weighted by Gasteiger charge is -2.13. The third kappa shape index (κ3) is 6.03. The molecule has 0 aliphatic rings. The smallest absolute Gasteiger partial charge is 0.206 e. The zero-order valence-electron chi connectivity index (χ0n) is 16.3. The molecule has 2 atom stereocenters. The first-order valence-corrected chi connectivity index (χ1v) is 11.6. The minimum Gasteiger partial charge on any atom is -0.493 e. The fraction of sp³-hybridized carbons (Fsp3) is 0.429. The summed E-state index contributed by atoms with van der Waals surface area (Å²) in [5, 5.41) is 0.247. The van der Waals surface area contributed by atoms with Crippen molar-refractivity contribution in [2.75, 3.05) is 19.1 Å². The first kappa shape index (κ1) is 22.9. The van der Waals surface area contributed by atoms with Crippen LogP contribution < -0.4 is 9.47 Å². The molecule has 0 aliphatic heterocycles. The van der Waals surface area contributed by atoms with Gasteiger partial charge >= 0.3 is 0 Å². The molecule has 4 nitrogen and oxygen atoms in total. The van der Waals surface area contributed by atoms with E-state index in [2.05, 4.69) is 13.8 Å². The highest BCUT2D eigenvalue weighted by Crippen LogP contribution is 2.31. The van der Waals surface area contributed by atoms with Gasteiger partial charge < -0.3 is 9.47 Å². The fourth-order valence-electron chi connectivity index (χ4n) is 2.25. The number of halogens is 2. The number of hydrogen-bond acceptors (Lipinski definition) is 4. The summed E-state index contributed by atoms with van der Waals surface area (Å²) in [4.78, 5) is 0.299. The van der Waals surface area contributed by atoms with Crippen LogP contribution in [-0.4, -0.2) is 27.5 Å². The van der Waals surface area contributed by atoms with Gasteiger partial charge in [0, 0.05) is 11.8 Å². The first-order valence-electron chi connectivity index (χ1n) is 9.24. The minimum atomic E-state index is -3.68. The van der Waals surface area contributed by atoms with Crippen LogP contribution >= 0.6 is 23.2 Å². The Balaban J connectivity index is 2.14. The molecule has 154 valence electrons. The highest BCUT2D eigenvalue weighted by molar-refractivity contribution is 7.91. The van der Waals surface area contributed by atoms with Crippen molar-refractivity contribution in [1.29, 1.82) is 0 Å². The van der Waals surface area contributed by atoms with Crippen molar-refractivity contribution < 1.29 is 17.9 Å². The molecule has 0 aliphatic carbocycles. The summed E-state index contributed by atoms with van der Waals surface area (Å²) in [7, 11) is -3.68. The van der Waals surface area contributed by atoms with E-state index in [0.717, 1.165) is 6.42 Å². The van der Waals surface area contributed by atoms with E-state index in [9.17, 15) is 8.42 Å². The maximum Gasteiger partial charge on any atom is 0.206 e. The van der Waals surface area contributed by atoms with Gasteiger partial charge in [-0.3, -0.25) is 0 Å². The van der Waals surface area contributed by atoms with Gasteiger partial charge in [0.15, 0.2) is 0 Å². The number of alkyl halides is 1. The van der Waals surface area contributed by atoms with Gasteiger partial charge in [-0.05, 0) is 48.4 Å². The van der Waals surface area contributed by atoms with Crippen molar-refractivity contribution in [2.45, 2.75) is 37.0 Å². The van der Waals surface area contributed by atoms with Crippen LogP contribution in [0.1, 0.15) is 27.2 Å². The summed E-state index contributed by atoms with van der Waals surface area (Å²) in [5.41, 5.74) is 0. The highest BCUT2D eigenvalue weighted by Gasteiger charge is 2.19. The molecule has 0 saturated heterocycles. The van der Waals surface area contributed by atoms with Crippen LogP contribution in [0.5, 0.6) is 11.5 Å². The van der Waals surface area contributed by atoms with Gasteiger partial charge in [-0.1, -0.05) is 38.8 Å². The molecular weight excluding hydrogens is 419 g/mol. The molecule has 2 rings (SSSR count). The lowest BCUT2D eigenvalue weighted by atomic mass is 10.1. The normalized spacial score (nSPS) is 13.8. The second kappa shape index (κ2) is 10.4. The van der Waals surface area contributed by atoms with Crippen molar-refractivity contribution in [3.8, 4) is 11.5 Å². The second-order valence-electron chi connectivity index (χ2n) is 6.96. The van der Waals surface area contributed by atoms with Crippen LogP contribution in [0.4, 0.5) is 0 Å². The Labute approximate surface area is 177 Å². The number of sulfone groups is 1. The van der Waals surface area contributed by atoms with Crippen LogP contribution in [0.25, 0.3) is 0 Å². The number of benzene rings is 2. The molecule has 7 heteroatoms. The predicted molar refractivity (Wildman–Crippen MR) is 114 cm³/mol. The SMILES string of the molecule is CC[C@@H](C)COc1ccc(S(=O)(=O)c2ccc(OC[C@@H](C)CCl)c(Cl)c2)cc1. The Hall–Kier alpha value is -1.43. The maximum absolute atomic E-state index is 12.9. The maximum atomic E-state index is 12.9. The summed E-state index contributed by atoms with van der Waals surface area (Å²) >= 11 is 12.0. The van der Waals surface area contributed by atoms with E-state index in [1.165, 1.54) is 12.1 Å². The quantitative estimate of drug-likeness (QED) is 0.431. The van der Waals surface area contributed by atoms with Crippen LogP contribution in [0.3, 0.4) is 0 Å². The van der Waals surface area contributed by atoms with Crippen molar-refractivity contribution in [2.24, 2.45) is 11.8 Å². The Morgan fingerprint density at radius 1 is 0.929 bits per heavy atom.